The molecule has 1 aliphatic rings. The molecule has 1 atom stereocenters. The van der Waals surface area contributed by atoms with Crippen LogP contribution in [0.1, 0.15) is 26.3 Å². The Kier molecular flexibility index (Phi) is 5.67. The number of nitrogens with zero attached hydrogens (tertiary/aromatic N) is 3. The van der Waals surface area contributed by atoms with Crippen LogP contribution in [0.4, 0.5) is 4.79 Å². The highest BCUT2D eigenvalue weighted by Gasteiger charge is 2.30. The molecule has 1 unspecified atom stereocenters. The fourth-order valence-corrected chi connectivity index (χ4v) is 2.97. The highest BCUT2D eigenvalue weighted by molar-refractivity contribution is 6.33. The van der Waals surface area contributed by atoms with E-state index in [1.54, 1.807) is 0 Å². The Morgan fingerprint density at radius 2 is 2.04 bits per heavy atom. The highest BCUT2D eigenvalue weighted by Crippen LogP contribution is 2.39. The summed E-state index contributed by atoms with van der Waals surface area (Å²) in [5.41, 5.74) is 0.102. The fraction of sp³-hybridized carbons (Fsp3) is 0.643. The molecule has 0 aliphatic carbocycles. The van der Waals surface area contributed by atoms with Crippen LogP contribution in [-0.2, 0) is 5.41 Å². The molecule has 0 radical (unpaired) electrons. The largest absolute Gasteiger partial charge is 0.415 e. The summed E-state index contributed by atoms with van der Waals surface area (Å²) in [7, 11) is 0. The molecule has 2 N–H and O–H groups in total. The van der Waals surface area contributed by atoms with Gasteiger partial charge in [0, 0.05) is 31.2 Å². The second-order valence-electron chi connectivity index (χ2n) is 6.38. The van der Waals surface area contributed by atoms with Crippen molar-refractivity contribution >= 4 is 29.3 Å². The van der Waals surface area contributed by atoms with E-state index in [0.29, 0.717) is 25.2 Å². The summed E-state index contributed by atoms with van der Waals surface area (Å²) in [6, 6.07) is -0.173. The Morgan fingerprint density at radius 3 is 2.65 bits per heavy atom. The van der Waals surface area contributed by atoms with E-state index in [1.165, 1.54) is 4.90 Å². The molecule has 0 saturated carbocycles. The number of nitrogens with one attached hydrogen (secondary N) is 1. The Labute approximate surface area is 144 Å². The number of aromatic nitrogens is 2. The van der Waals surface area contributed by atoms with Crippen molar-refractivity contribution in [1.29, 1.82) is 0 Å². The third-order valence-corrected chi connectivity index (χ3v) is 4.03. The predicted octanol–water partition coefficient (Wildman–Crippen LogP) is 1.85. The molecule has 9 heteroatoms. The van der Waals surface area contributed by atoms with Crippen LogP contribution in [0.15, 0.2) is 0 Å². The number of rotatable bonds is 2. The van der Waals surface area contributed by atoms with Crippen LogP contribution in [0.2, 0.25) is 10.3 Å². The van der Waals surface area contributed by atoms with E-state index in [4.69, 9.17) is 27.9 Å². The summed E-state index contributed by atoms with van der Waals surface area (Å²) in [4.78, 5) is 13.9. The lowest BCUT2D eigenvalue weighted by Crippen LogP contribution is -2.54. The molecule has 1 amide bonds. The molecule has 7 nitrogen and oxygen atoms in total. The first kappa shape index (κ1) is 18.2. The number of hydrogen-bond acceptors (Lipinski definition) is 6. The Hall–Kier alpha value is -1.15. The van der Waals surface area contributed by atoms with Gasteiger partial charge in [0.2, 0.25) is 0 Å². The number of ether oxygens (including phenoxy) is 1. The van der Waals surface area contributed by atoms with Crippen LogP contribution in [0.3, 0.4) is 0 Å². The van der Waals surface area contributed by atoms with Gasteiger partial charge in [-0.25, -0.2) is 4.79 Å². The number of aliphatic hydroxyl groups excluding tert-OH is 1. The third-order valence-electron chi connectivity index (χ3n) is 3.52. The van der Waals surface area contributed by atoms with E-state index < -0.39 is 11.5 Å². The topological polar surface area (TPSA) is 87.6 Å². The van der Waals surface area contributed by atoms with E-state index in [9.17, 15) is 9.90 Å². The number of amides is 1. The standard InChI is InChI=1S/C14H20Cl2N4O3/c1-14(2,3)9-10(12(16)19-18-11(9)15)23-13(22)20-5-4-17-8(6-20)7-21/h8,17,21H,4-7H2,1-3H3. The van der Waals surface area contributed by atoms with Gasteiger partial charge in [0.1, 0.15) is 0 Å². The number of hydrogen-bond donors (Lipinski definition) is 2. The summed E-state index contributed by atoms with van der Waals surface area (Å²) >= 11 is 12.2. The molecule has 1 aliphatic heterocycles. The summed E-state index contributed by atoms with van der Waals surface area (Å²) in [6.45, 7) is 7.09. The van der Waals surface area contributed by atoms with Gasteiger partial charge in [-0.2, -0.15) is 0 Å². The number of halogens is 2. The van der Waals surface area contributed by atoms with Gasteiger partial charge in [-0.1, -0.05) is 44.0 Å². The van der Waals surface area contributed by atoms with Gasteiger partial charge in [0.15, 0.2) is 16.1 Å². The Morgan fingerprint density at radius 1 is 1.39 bits per heavy atom. The molecule has 1 fully saturated rings. The molecular weight excluding hydrogens is 343 g/mol. The van der Waals surface area contributed by atoms with Gasteiger partial charge >= 0.3 is 6.09 Å². The molecule has 1 aromatic rings. The zero-order valence-electron chi connectivity index (χ0n) is 13.3. The Balaban J connectivity index is 2.26. The van der Waals surface area contributed by atoms with Crippen LogP contribution in [-0.4, -0.2) is 58.6 Å². The predicted molar refractivity (Wildman–Crippen MR) is 87.2 cm³/mol. The van der Waals surface area contributed by atoms with Crippen molar-refractivity contribution in [3.8, 4) is 5.75 Å². The lowest BCUT2D eigenvalue weighted by molar-refractivity contribution is 0.120. The number of piperazine rings is 1. The zero-order chi connectivity index (χ0) is 17.2. The molecule has 0 bridgehead atoms. The average molecular weight is 363 g/mol. The van der Waals surface area contributed by atoms with Crippen LogP contribution in [0.25, 0.3) is 0 Å². The van der Waals surface area contributed by atoms with Crippen LogP contribution in [0, 0.1) is 0 Å². The minimum absolute atomic E-state index is 0.0125. The Bertz CT molecular complexity index is 592. The maximum absolute atomic E-state index is 12.4. The first-order valence-corrected chi connectivity index (χ1v) is 8.02. The molecule has 128 valence electrons. The van der Waals surface area contributed by atoms with Gasteiger partial charge in [-0.05, 0) is 5.41 Å². The average Bonchev–Trinajstić information content (AvgIpc) is 2.49. The number of aliphatic hydroxyl groups is 1. The minimum Gasteiger partial charge on any atom is -0.406 e. The van der Waals surface area contributed by atoms with Crippen molar-refractivity contribution in [3.05, 3.63) is 15.9 Å². The van der Waals surface area contributed by atoms with Gasteiger partial charge < -0.3 is 20.1 Å². The van der Waals surface area contributed by atoms with Gasteiger partial charge in [-0.15, -0.1) is 10.2 Å². The first-order valence-electron chi connectivity index (χ1n) is 7.27. The minimum atomic E-state index is -0.554. The maximum Gasteiger partial charge on any atom is 0.415 e. The molecule has 2 heterocycles. The lowest BCUT2D eigenvalue weighted by atomic mass is 9.88. The van der Waals surface area contributed by atoms with E-state index in [1.807, 2.05) is 20.8 Å². The molecule has 0 spiro atoms. The molecule has 1 aromatic heterocycles. The summed E-state index contributed by atoms with van der Waals surface area (Å²) < 4.78 is 5.47. The van der Waals surface area contributed by atoms with Crippen molar-refractivity contribution in [1.82, 2.24) is 20.4 Å². The van der Waals surface area contributed by atoms with Crippen molar-refractivity contribution in [2.45, 2.75) is 32.2 Å². The molecule has 23 heavy (non-hydrogen) atoms. The number of carbonyl (C=O) groups is 1. The van der Waals surface area contributed by atoms with Crippen LogP contribution < -0.4 is 10.1 Å². The normalized spacial score (nSPS) is 18.9. The highest BCUT2D eigenvalue weighted by atomic mass is 35.5. The van der Waals surface area contributed by atoms with Crippen LogP contribution >= 0.6 is 23.2 Å². The van der Waals surface area contributed by atoms with Gasteiger partial charge in [0.25, 0.3) is 0 Å². The van der Waals surface area contributed by atoms with E-state index >= 15 is 0 Å². The van der Waals surface area contributed by atoms with E-state index in [-0.39, 0.29) is 28.7 Å². The van der Waals surface area contributed by atoms with Gasteiger partial charge in [-0.3, -0.25) is 0 Å². The molecule has 2 rings (SSSR count). The second kappa shape index (κ2) is 7.17. The van der Waals surface area contributed by atoms with E-state index in [0.717, 1.165) is 0 Å². The second-order valence-corrected chi connectivity index (χ2v) is 7.10. The molecule has 1 saturated heterocycles. The fourth-order valence-electron chi connectivity index (χ4n) is 2.39. The third kappa shape index (κ3) is 4.23. The monoisotopic (exact) mass is 362 g/mol. The molecule has 0 aromatic carbocycles. The van der Waals surface area contributed by atoms with Crippen LogP contribution in [0.5, 0.6) is 5.75 Å². The summed E-state index contributed by atoms with van der Waals surface area (Å²) in [6.07, 6.45) is -0.554. The number of carbonyl (C=O) groups excluding carboxylic acids is 1. The van der Waals surface area contributed by atoms with Crippen molar-refractivity contribution in [3.63, 3.8) is 0 Å². The summed E-state index contributed by atoms with van der Waals surface area (Å²) in [5, 5.41) is 20.0. The van der Waals surface area contributed by atoms with E-state index in [2.05, 4.69) is 15.5 Å². The van der Waals surface area contributed by atoms with Crippen molar-refractivity contribution in [2.75, 3.05) is 26.2 Å². The van der Waals surface area contributed by atoms with Gasteiger partial charge in [0.05, 0.1) is 6.61 Å². The maximum atomic E-state index is 12.4. The summed E-state index contributed by atoms with van der Waals surface area (Å²) in [5.74, 6) is 0.128. The molecular formula is C14H20Cl2N4O3. The van der Waals surface area contributed by atoms with Crippen molar-refractivity contribution < 1.29 is 14.6 Å². The lowest BCUT2D eigenvalue weighted by Gasteiger charge is -2.32. The zero-order valence-corrected chi connectivity index (χ0v) is 14.8. The smallest absolute Gasteiger partial charge is 0.406 e. The quantitative estimate of drug-likeness (QED) is 0.834. The first-order chi connectivity index (χ1) is 10.7. The van der Waals surface area contributed by atoms with Crippen molar-refractivity contribution in [2.24, 2.45) is 0 Å². The SMILES string of the molecule is CC(C)(C)c1c(Cl)nnc(Cl)c1OC(=O)N1CCNC(CO)C1.